The molecule has 3 amide bonds. The fourth-order valence-corrected chi connectivity index (χ4v) is 3.60. The van der Waals surface area contributed by atoms with Gasteiger partial charge in [-0.25, -0.2) is 9.78 Å². The number of hydrogen-bond acceptors (Lipinski definition) is 3. The monoisotopic (exact) mass is 383 g/mol. The lowest BCUT2D eigenvalue weighted by Crippen LogP contribution is -2.38. The number of urea groups is 1. The van der Waals surface area contributed by atoms with Crippen LogP contribution in [0.2, 0.25) is 0 Å². The van der Waals surface area contributed by atoms with Gasteiger partial charge in [-0.3, -0.25) is 4.79 Å². The van der Waals surface area contributed by atoms with E-state index in [1.807, 2.05) is 30.7 Å². The van der Waals surface area contributed by atoms with Gasteiger partial charge in [0, 0.05) is 42.3 Å². The van der Waals surface area contributed by atoms with Gasteiger partial charge in [0.15, 0.2) is 0 Å². The van der Waals surface area contributed by atoms with Crippen LogP contribution in [0, 0.1) is 6.92 Å². The second kappa shape index (κ2) is 9.39. The van der Waals surface area contributed by atoms with Gasteiger partial charge < -0.3 is 20.5 Å². The van der Waals surface area contributed by atoms with Crippen molar-refractivity contribution in [3.8, 4) is 0 Å². The zero-order chi connectivity index (χ0) is 19.9. The van der Waals surface area contributed by atoms with E-state index in [2.05, 4.69) is 20.9 Å². The molecular formula is C21H29N5O2. The molecule has 1 aliphatic rings. The summed E-state index contributed by atoms with van der Waals surface area (Å²) in [4.78, 5) is 28.7. The lowest BCUT2D eigenvalue weighted by molar-refractivity contribution is 0.0927. The van der Waals surface area contributed by atoms with E-state index in [4.69, 9.17) is 0 Å². The Morgan fingerprint density at radius 1 is 1.25 bits per heavy atom. The first-order chi connectivity index (χ1) is 13.5. The maximum absolute atomic E-state index is 12.5. The summed E-state index contributed by atoms with van der Waals surface area (Å²) < 4.78 is 1.91. The fraction of sp³-hybridized carbons (Fsp3) is 0.476. The number of rotatable bonds is 6. The standard InChI is InChI=1S/C21H29N5O2/c1-15-12-17(20(27)24-18-6-4-3-5-7-18)8-9-19(15)25-21(28)23-16(2)13-26-11-10-22-14-26/h8-12,14,16,18H,3-7,13H2,1-2H3,(H,24,27)(H2,23,25,28)/t16-/m0/s1. The van der Waals surface area contributed by atoms with Crippen molar-refractivity contribution in [2.24, 2.45) is 0 Å². The molecule has 7 heteroatoms. The van der Waals surface area contributed by atoms with Crippen LogP contribution in [0.4, 0.5) is 10.5 Å². The van der Waals surface area contributed by atoms with Gasteiger partial charge in [0.25, 0.3) is 5.91 Å². The molecule has 0 radical (unpaired) electrons. The molecule has 1 aromatic carbocycles. The number of carbonyl (C=O) groups is 2. The van der Waals surface area contributed by atoms with Gasteiger partial charge in [-0.05, 0) is 50.5 Å². The smallest absolute Gasteiger partial charge is 0.319 e. The predicted molar refractivity (Wildman–Crippen MR) is 109 cm³/mol. The minimum absolute atomic E-state index is 0.0417. The molecule has 1 fully saturated rings. The number of nitrogens with one attached hydrogen (secondary N) is 3. The number of imidazole rings is 1. The van der Waals surface area contributed by atoms with Gasteiger partial charge in [0.05, 0.1) is 6.33 Å². The highest BCUT2D eigenvalue weighted by molar-refractivity contribution is 5.96. The molecule has 0 unspecified atom stereocenters. The van der Waals surface area contributed by atoms with E-state index in [-0.39, 0.29) is 24.0 Å². The maximum atomic E-state index is 12.5. The summed E-state index contributed by atoms with van der Waals surface area (Å²) in [7, 11) is 0. The highest BCUT2D eigenvalue weighted by Crippen LogP contribution is 2.20. The lowest BCUT2D eigenvalue weighted by Gasteiger charge is -2.23. The highest BCUT2D eigenvalue weighted by atomic mass is 16.2. The van der Waals surface area contributed by atoms with Gasteiger partial charge in [0.1, 0.15) is 0 Å². The van der Waals surface area contributed by atoms with Gasteiger partial charge in [0.2, 0.25) is 0 Å². The first-order valence-corrected chi connectivity index (χ1v) is 9.96. The van der Waals surface area contributed by atoms with Crippen LogP contribution in [0.5, 0.6) is 0 Å². The second-order valence-corrected chi connectivity index (χ2v) is 7.60. The van der Waals surface area contributed by atoms with Crippen LogP contribution in [-0.4, -0.2) is 33.6 Å². The Labute approximate surface area is 165 Å². The number of carbonyl (C=O) groups excluding carboxylic acids is 2. The molecule has 28 heavy (non-hydrogen) atoms. The van der Waals surface area contributed by atoms with Gasteiger partial charge in [-0.1, -0.05) is 19.3 Å². The Bertz CT molecular complexity index is 797. The van der Waals surface area contributed by atoms with E-state index in [1.165, 1.54) is 19.3 Å². The van der Waals surface area contributed by atoms with Crippen molar-refractivity contribution in [3.63, 3.8) is 0 Å². The number of anilines is 1. The highest BCUT2D eigenvalue weighted by Gasteiger charge is 2.17. The van der Waals surface area contributed by atoms with E-state index in [1.54, 1.807) is 24.7 Å². The third-order valence-electron chi connectivity index (χ3n) is 5.10. The number of aryl methyl sites for hydroxylation is 1. The molecule has 0 bridgehead atoms. The first kappa shape index (κ1) is 19.9. The van der Waals surface area contributed by atoms with Crippen molar-refractivity contribution in [1.82, 2.24) is 20.2 Å². The number of hydrogen-bond donors (Lipinski definition) is 3. The molecule has 7 nitrogen and oxygen atoms in total. The summed E-state index contributed by atoms with van der Waals surface area (Å²) in [6.07, 6.45) is 11.0. The average Bonchev–Trinajstić information content (AvgIpc) is 3.17. The van der Waals surface area contributed by atoms with Crippen molar-refractivity contribution in [2.75, 3.05) is 5.32 Å². The SMILES string of the molecule is Cc1cc(C(=O)NC2CCCCC2)ccc1NC(=O)N[C@@H](C)Cn1ccnc1. The topological polar surface area (TPSA) is 88.0 Å². The zero-order valence-electron chi connectivity index (χ0n) is 16.6. The zero-order valence-corrected chi connectivity index (χ0v) is 16.6. The van der Waals surface area contributed by atoms with Crippen molar-refractivity contribution < 1.29 is 9.59 Å². The van der Waals surface area contributed by atoms with Crippen LogP contribution >= 0.6 is 0 Å². The number of benzene rings is 1. The summed E-state index contributed by atoms with van der Waals surface area (Å²) >= 11 is 0. The fourth-order valence-electron chi connectivity index (χ4n) is 3.60. The van der Waals surface area contributed by atoms with Gasteiger partial charge in [-0.15, -0.1) is 0 Å². The van der Waals surface area contributed by atoms with Crippen molar-refractivity contribution in [2.45, 2.75) is 64.6 Å². The Kier molecular flexibility index (Phi) is 6.68. The summed E-state index contributed by atoms with van der Waals surface area (Å²) in [5, 5.41) is 8.89. The number of nitrogens with zero attached hydrogens (tertiary/aromatic N) is 2. The quantitative estimate of drug-likeness (QED) is 0.714. The molecule has 1 aromatic heterocycles. The minimum Gasteiger partial charge on any atom is -0.349 e. The van der Waals surface area contributed by atoms with E-state index in [0.717, 1.165) is 18.4 Å². The maximum Gasteiger partial charge on any atom is 0.319 e. The average molecular weight is 383 g/mol. The van der Waals surface area contributed by atoms with Crippen LogP contribution in [0.25, 0.3) is 0 Å². The molecule has 1 saturated carbocycles. The predicted octanol–water partition coefficient (Wildman–Crippen LogP) is 3.46. The van der Waals surface area contributed by atoms with Gasteiger partial charge >= 0.3 is 6.03 Å². The van der Waals surface area contributed by atoms with Crippen molar-refractivity contribution >= 4 is 17.6 Å². The van der Waals surface area contributed by atoms with E-state index in [0.29, 0.717) is 17.8 Å². The largest absolute Gasteiger partial charge is 0.349 e. The first-order valence-electron chi connectivity index (χ1n) is 9.96. The summed E-state index contributed by atoms with van der Waals surface area (Å²) in [5.41, 5.74) is 2.18. The molecule has 0 saturated heterocycles. The van der Waals surface area contributed by atoms with Crippen LogP contribution in [0.1, 0.15) is 54.9 Å². The third-order valence-corrected chi connectivity index (χ3v) is 5.10. The number of aromatic nitrogens is 2. The molecule has 2 aromatic rings. The summed E-state index contributed by atoms with van der Waals surface area (Å²) in [5.74, 6) is -0.0417. The normalized spacial score (nSPS) is 15.6. The van der Waals surface area contributed by atoms with E-state index >= 15 is 0 Å². The van der Waals surface area contributed by atoms with Crippen LogP contribution in [0.15, 0.2) is 36.9 Å². The summed E-state index contributed by atoms with van der Waals surface area (Å²) in [6, 6.07) is 5.33. The van der Waals surface area contributed by atoms with Crippen molar-refractivity contribution in [3.05, 3.63) is 48.0 Å². The van der Waals surface area contributed by atoms with Crippen molar-refractivity contribution in [1.29, 1.82) is 0 Å². The second-order valence-electron chi connectivity index (χ2n) is 7.60. The molecule has 1 heterocycles. The molecule has 0 aliphatic heterocycles. The molecular weight excluding hydrogens is 354 g/mol. The molecule has 150 valence electrons. The molecule has 3 N–H and O–H groups in total. The Hall–Kier alpha value is -2.83. The molecule has 1 atom stereocenters. The molecule has 0 spiro atoms. The Morgan fingerprint density at radius 3 is 2.71 bits per heavy atom. The Morgan fingerprint density at radius 2 is 2.04 bits per heavy atom. The van der Waals surface area contributed by atoms with Crippen LogP contribution in [0.3, 0.4) is 0 Å². The van der Waals surface area contributed by atoms with Gasteiger partial charge in [-0.2, -0.15) is 0 Å². The minimum atomic E-state index is -0.268. The molecule has 1 aliphatic carbocycles. The van der Waals surface area contributed by atoms with E-state index in [9.17, 15) is 9.59 Å². The molecule has 3 rings (SSSR count). The van der Waals surface area contributed by atoms with Crippen LogP contribution < -0.4 is 16.0 Å². The summed E-state index contributed by atoms with van der Waals surface area (Å²) in [6.45, 7) is 4.47. The lowest BCUT2D eigenvalue weighted by atomic mass is 9.95. The third kappa shape index (κ3) is 5.58. The van der Waals surface area contributed by atoms with Crippen LogP contribution in [-0.2, 0) is 6.54 Å². The number of amides is 3. The Balaban J connectivity index is 1.52. The van der Waals surface area contributed by atoms with E-state index < -0.39 is 0 Å².